The number of rotatable bonds is 4. The molecule has 2 aromatic heterocycles. The molecule has 4 rings (SSSR count). The zero-order valence-electron chi connectivity index (χ0n) is 17.9. The summed E-state index contributed by atoms with van der Waals surface area (Å²) < 4.78 is 24.8. The average Bonchev–Trinajstić information content (AvgIpc) is 3.33. The number of aromatic nitrogens is 3. The second-order valence-electron chi connectivity index (χ2n) is 7.79. The molecule has 0 N–H and O–H groups in total. The Bertz CT molecular complexity index is 1330. The number of amides is 2. The summed E-state index contributed by atoms with van der Waals surface area (Å²) in [6.07, 6.45) is 3.23. The first kappa shape index (κ1) is 22.2. The predicted molar refractivity (Wildman–Crippen MR) is 119 cm³/mol. The Hall–Kier alpha value is -2.98. The molecule has 3 aromatic rings. The normalized spacial score (nSPS) is 14.4. The van der Waals surface area contributed by atoms with Gasteiger partial charge in [-0.2, -0.15) is 5.10 Å². The number of hydrogen-bond donors (Lipinski definition) is 0. The molecule has 1 saturated heterocycles. The molecule has 1 fully saturated rings. The minimum atomic E-state index is -3.31. The fourth-order valence-electron chi connectivity index (χ4n) is 3.86. The van der Waals surface area contributed by atoms with Gasteiger partial charge < -0.3 is 0 Å². The molecule has 0 bridgehead atoms. The van der Waals surface area contributed by atoms with Crippen LogP contribution >= 0.6 is 11.6 Å². The van der Waals surface area contributed by atoms with E-state index in [1.54, 1.807) is 30.8 Å². The van der Waals surface area contributed by atoms with Crippen LogP contribution in [0.2, 0.25) is 5.02 Å². The van der Waals surface area contributed by atoms with E-state index in [2.05, 4.69) is 10.1 Å². The number of nitrogens with zero attached hydrogens (tertiary/aromatic N) is 5. The second-order valence-corrected chi connectivity index (χ2v) is 10.2. The number of pyridine rings is 1. The van der Waals surface area contributed by atoms with Crippen molar-refractivity contribution < 1.29 is 18.0 Å². The van der Waals surface area contributed by atoms with Gasteiger partial charge in [-0.1, -0.05) is 23.7 Å². The van der Waals surface area contributed by atoms with Crippen LogP contribution in [-0.2, 0) is 28.1 Å². The standard InChI is InChI=1S/C21H22ClN5O4S/c1-13-18-19(22)16(12-23-20(18)25(2)24-13)21(29)27-10-4-9-26(27)17(28)11-14-5-7-15(8-6-14)32(3,30)31/h5-8,12H,4,9-11H2,1-3H3. The van der Waals surface area contributed by atoms with Gasteiger partial charge in [-0.3, -0.25) is 19.3 Å². The number of aryl methyl sites for hydroxylation is 2. The van der Waals surface area contributed by atoms with Gasteiger partial charge in [-0.15, -0.1) is 0 Å². The maximum atomic E-state index is 13.3. The highest BCUT2D eigenvalue weighted by Crippen LogP contribution is 2.30. The lowest BCUT2D eigenvalue weighted by atomic mass is 10.1. The number of benzene rings is 1. The van der Waals surface area contributed by atoms with Crippen LogP contribution in [0.1, 0.15) is 28.0 Å². The number of carbonyl (C=O) groups excluding carboxylic acids is 2. The van der Waals surface area contributed by atoms with Gasteiger partial charge in [-0.05, 0) is 31.0 Å². The SMILES string of the molecule is Cc1nn(C)c2ncc(C(=O)N3CCCN3C(=O)Cc3ccc(S(C)(=O)=O)cc3)c(Cl)c12. The zero-order valence-corrected chi connectivity index (χ0v) is 19.4. The lowest BCUT2D eigenvalue weighted by Gasteiger charge is -2.28. The number of carbonyl (C=O) groups is 2. The molecule has 0 aliphatic carbocycles. The molecule has 0 unspecified atom stereocenters. The van der Waals surface area contributed by atoms with Crippen LogP contribution < -0.4 is 0 Å². The van der Waals surface area contributed by atoms with Gasteiger partial charge in [-0.25, -0.2) is 18.4 Å². The summed E-state index contributed by atoms with van der Waals surface area (Å²) in [6.45, 7) is 2.59. The molecule has 11 heteroatoms. The van der Waals surface area contributed by atoms with Gasteiger partial charge in [0, 0.05) is 32.6 Å². The topological polar surface area (TPSA) is 105 Å². The van der Waals surface area contributed by atoms with Gasteiger partial charge in [0.05, 0.1) is 33.0 Å². The second kappa shape index (κ2) is 8.18. The number of halogens is 1. The average molecular weight is 476 g/mol. The molecule has 1 aliphatic rings. The molecule has 1 aromatic carbocycles. The molecule has 0 saturated carbocycles. The lowest BCUT2D eigenvalue weighted by molar-refractivity contribution is -0.139. The van der Waals surface area contributed by atoms with Gasteiger partial charge in [0.1, 0.15) is 0 Å². The van der Waals surface area contributed by atoms with Crippen molar-refractivity contribution in [3.63, 3.8) is 0 Å². The molecule has 2 amide bonds. The van der Waals surface area contributed by atoms with E-state index in [4.69, 9.17) is 11.6 Å². The van der Waals surface area contributed by atoms with Crippen molar-refractivity contribution in [2.45, 2.75) is 24.7 Å². The summed E-state index contributed by atoms with van der Waals surface area (Å²) in [5.74, 6) is -0.656. The fraction of sp³-hybridized carbons (Fsp3) is 0.333. The molecule has 0 atom stereocenters. The molecular formula is C21H22ClN5O4S. The van der Waals surface area contributed by atoms with Crippen molar-refractivity contribution in [3.8, 4) is 0 Å². The predicted octanol–water partition coefficient (Wildman–Crippen LogP) is 2.17. The maximum Gasteiger partial charge on any atom is 0.275 e. The van der Waals surface area contributed by atoms with E-state index < -0.39 is 15.7 Å². The highest BCUT2D eigenvalue weighted by Gasteiger charge is 2.33. The number of hydrazine groups is 1. The molecule has 3 heterocycles. The highest BCUT2D eigenvalue weighted by atomic mass is 35.5. The quantitative estimate of drug-likeness (QED) is 0.572. The van der Waals surface area contributed by atoms with E-state index in [0.29, 0.717) is 41.8 Å². The molecular weight excluding hydrogens is 454 g/mol. The van der Waals surface area contributed by atoms with Gasteiger partial charge in [0.2, 0.25) is 5.91 Å². The number of fused-ring (bicyclic) bond motifs is 1. The molecule has 1 aliphatic heterocycles. The first-order valence-corrected chi connectivity index (χ1v) is 12.2. The third-order valence-corrected chi connectivity index (χ3v) is 6.98. The summed E-state index contributed by atoms with van der Waals surface area (Å²) in [4.78, 5) is 30.7. The van der Waals surface area contributed by atoms with E-state index in [0.717, 1.165) is 6.26 Å². The third-order valence-electron chi connectivity index (χ3n) is 5.45. The van der Waals surface area contributed by atoms with Crippen molar-refractivity contribution >= 4 is 44.3 Å². The van der Waals surface area contributed by atoms with Crippen molar-refractivity contribution in [2.24, 2.45) is 7.05 Å². The van der Waals surface area contributed by atoms with Crippen molar-refractivity contribution in [2.75, 3.05) is 19.3 Å². The van der Waals surface area contributed by atoms with Crippen LogP contribution in [0.5, 0.6) is 0 Å². The minimum absolute atomic E-state index is 0.0422. The number of hydrogen-bond acceptors (Lipinski definition) is 6. The van der Waals surface area contributed by atoms with Crippen LogP contribution in [0.15, 0.2) is 35.4 Å². The van der Waals surface area contributed by atoms with Crippen LogP contribution in [0.4, 0.5) is 0 Å². The summed E-state index contributed by atoms with van der Waals surface area (Å²) in [5, 5.41) is 8.00. The van der Waals surface area contributed by atoms with E-state index >= 15 is 0 Å². The summed E-state index contributed by atoms with van der Waals surface area (Å²) >= 11 is 6.55. The smallest absolute Gasteiger partial charge is 0.273 e. The van der Waals surface area contributed by atoms with E-state index in [1.807, 2.05) is 0 Å². The lowest BCUT2D eigenvalue weighted by Crippen LogP contribution is -2.45. The first-order chi connectivity index (χ1) is 15.1. The third kappa shape index (κ3) is 3.95. The van der Waals surface area contributed by atoms with Crippen LogP contribution in [0.25, 0.3) is 11.0 Å². The van der Waals surface area contributed by atoms with E-state index in [-0.39, 0.29) is 27.8 Å². The summed E-state index contributed by atoms with van der Waals surface area (Å²) in [6, 6.07) is 6.16. The molecule has 0 spiro atoms. The van der Waals surface area contributed by atoms with E-state index in [9.17, 15) is 18.0 Å². The monoisotopic (exact) mass is 475 g/mol. The Balaban J connectivity index is 1.56. The largest absolute Gasteiger partial charge is 0.275 e. The molecule has 9 nitrogen and oxygen atoms in total. The maximum absolute atomic E-state index is 13.3. The Kier molecular flexibility index (Phi) is 5.68. The summed E-state index contributed by atoms with van der Waals surface area (Å²) in [5.41, 5.74) is 2.12. The number of sulfone groups is 1. The first-order valence-electron chi connectivity index (χ1n) is 9.97. The Morgan fingerprint density at radius 2 is 1.78 bits per heavy atom. The van der Waals surface area contributed by atoms with Crippen molar-refractivity contribution in [1.82, 2.24) is 24.8 Å². The van der Waals surface area contributed by atoms with Gasteiger partial charge in [0.25, 0.3) is 5.91 Å². The molecule has 0 radical (unpaired) electrons. The highest BCUT2D eigenvalue weighted by molar-refractivity contribution is 7.90. The van der Waals surface area contributed by atoms with Crippen molar-refractivity contribution in [3.05, 3.63) is 52.3 Å². The van der Waals surface area contributed by atoms with Crippen molar-refractivity contribution in [1.29, 1.82) is 0 Å². The zero-order chi connectivity index (χ0) is 23.2. The van der Waals surface area contributed by atoms with E-state index in [1.165, 1.54) is 28.3 Å². The summed E-state index contributed by atoms with van der Waals surface area (Å²) in [7, 11) is -1.55. The molecule has 168 valence electrons. The van der Waals surface area contributed by atoms with Gasteiger partial charge >= 0.3 is 0 Å². The van der Waals surface area contributed by atoms with Crippen LogP contribution in [-0.4, -0.2) is 64.4 Å². The van der Waals surface area contributed by atoms with Gasteiger partial charge in [0.15, 0.2) is 15.5 Å². The Labute approximate surface area is 190 Å². The Morgan fingerprint density at radius 3 is 2.44 bits per heavy atom. The van der Waals surface area contributed by atoms with Crippen LogP contribution in [0.3, 0.4) is 0 Å². The fourth-order valence-corrected chi connectivity index (χ4v) is 4.84. The minimum Gasteiger partial charge on any atom is -0.273 e. The molecule has 32 heavy (non-hydrogen) atoms. The Morgan fingerprint density at radius 1 is 1.12 bits per heavy atom. The van der Waals surface area contributed by atoms with Crippen LogP contribution in [0, 0.1) is 6.92 Å².